The van der Waals surface area contributed by atoms with Gasteiger partial charge in [0.1, 0.15) is 18.5 Å². The van der Waals surface area contributed by atoms with Crippen molar-refractivity contribution in [2.24, 2.45) is 0 Å². The van der Waals surface area contributed by atoms with Gasteiger partial charge in [-0.2, -0.15) is 0 Å². The van der Waals surface area contributed by atoms with Crippen LogP contribution in [0.15, 0.2) is 76.7 Å². The number of carbonyl (C=O) groups excluding carboxylic acids is 3. The van der Waals surface area contributed by atoms with E-state index in [1.165, 1.54) is 31.3 Å². The summed E-state index contributed by atoms with van der Waals surface area (Å²) in [7, 11) is 2.94. The van der Waals surface area contributed by atoms with Crippen LogP contribution in [0, 0.1) is 10.5 Å². The number of benzene rings is 3. The van der Waals surface area contributed by atoms with E-state index >= 15 is 0 Å². The lowest BCUT2D eigenvalue weighted by Gasteiger charge is -2.40. The summed E-state index contributed by atoms with van der Waals surface area (Å²) < 4.78 is 23.8. The molecular formula is C35H35IN2O9. The molecule has 3 atom stereocenters. The summed E-state index contributed by atoms with van der Waals surface area (Å²) >= 11 is 2.00. The Morgan fingerprint density at radius 2 is 1.83 bits per heavy atom. The molecule has 3 aromatic carbocycles. The number of methoxy groups -OCH3 is 2. The fourth-order valence-electron chi connectivity index (χ4n) is 5.51. The van der Waals surface area contributed by atoms with Crippen LogP contribution >= 0.6 is 22.6 Å². The van der Waals surface area contributed by atoms with Crippen molar-refractivity contribution in [3.63, 3.8) is 0 Å². The summed E-state index contributed by atoms with van der Waals surface area (Å²) in [6.07, 6.45) is -0.248. The van der Waals surface area contributed by atoms with E-state index in [0.29, 0.717) is 32.1 Å². The fraction of sp³-hybridized carbons (Fsp3) is 0.286. The molecule has 12 heteroatoms. The van der Waals surface area contributed by atoms with Crippen LogP contribution in [0.2, 0.25) is 0 Å². The van der Waals surface area contributed by atoms with E-state index in [2.05, 4.69) is 5.32 Å². The summed E-state index contributed by atoms with van der Waals surface area (Å²) in [5, 5.41) is 24.6. The molecular weight excluding hydrogens is 719 g/mol. The Morgan fingerprint density at radius 1 is 1.09 bits per heavy atom. The number of amides is 2. The van der Waals surface area contributed by atoms with Gasteiger partial charge in [0.2, 0.25) is 5.91 Å². The van der Waals surface area contributed by atoms with Gasteiger partial charge in [0.15, 0.2) is 28.6 Å². The van der Waals surface area contributed by atoms with Crippen LogP contribution in [0.5, 0.6) is 17.2 Å². The van der Waals surface area contributed by atoms with E-state index in [4.69, 9.17) is 18.6 Å². The van der Waals surface area contributed by atoms with E-state index in [1.54, 1.807) is 30.3 Å². The quantitative estimate of drug-likeness (QED) is 0.141. The number of aldehydes is 1. The maximum Gasteiger partial charge on any atom is 0.290 e. The third kappa shape index (κ3) is 7.45. The normalized spacial score (nSPS) is 17.5. The monoisotopic (exact) mass is 754 g/mol. The van der Waals surface area contributed by atoms with E-state index in [-0.39, 0.29) is 48.9 Å². The van der Waals surface area contributed by atoms with Crippen LogP contribution in [0.1, 0.15) is 38.5 Å². The molecule has 0 saturated carbocycles. The van der Waals surface area contributed by atoms with Crippen molar-refractivity contribution in [3.8, 4) is 17.2 Å². The van der Waals surface area contributed by atoms with Crippen molar-refractivity contribution in [2.45, 2.75) is 38.1 Å². The first kappa shape index (κ1) is 33.9. The van der Waals surface area contributed by atoms with Gasteiger partial charge < -0.3 is 39.1 Å². The SMILES string of the molecule is COc1cc(C=O)cc(I)c1O[C@H]1C=C(C(=O)NCCO)C[C@@H](N(Cc2ccc(C)cc2)C(=O)c2cc3cccc(OC)c3o2)[C@@H]1O. The summed E-state index contributed by atoms with van der Waals surface area (Å²) in [6.45, 7) is 1.79. The van der Waals surface area contributed by atoms with Crippen LogP contribution in [-0.4, -0.2) is 78.8 Å². The number of hydrogen-bond acceptors (Lipinski definition) is 9. The molecule has 2 amide bonds. The van der Waals surface area contributed by atoms with Crippen LogP contribution in [0.3, 0.4) is 0 Å². The Kier molecular flexibility index (Phi) is 10.8. The Hall–Kier alpha value is -4.40. The van der Waals surface area contributed by atoms with Crippen molar-refractivity contribution in [3.05, 3.63) is 98.3 Å². The Labute approximate surface area is 285 Å². The topological polar surface area (TPSA) is 148 Å². The van der Waals surface area contributed by atoms with Crippen molar-refractivity contribution in [1.29, 1.82) is 0 Å². The minimum absolute atomic E-state index is 0.0145. The maximum atomic E-state index is 14.4. The van der Waals surface area contributed by atoms with Crippen molar-refractivity contribution in [1.82, 2.24) is 10.2 Å². The molecule has 5 rings (SSSR count). The van der Waals surface area contributed by atoms with Crippen molar-refractivity contribution in [2.75, 3.05) is 27.4 Å². The maximum absolute atomic E-state index is 14.4. The first-order valence-electron chi connectivity index (χ1n) is 14.9. The number of halogens is 1. The van der Waals surface area contributed by atoms with Crippen LogP contribution in [-0.2, 0) is 11.3 Å². The molecule has 0 unspecified atom stereocenters. The standard InChI is InChI=1S/C35H35IN2O9/c1-20-7-9-21(10-8-20)18-38(35(43)30-16-23-5-4-6-27(44-2)32(23)47-30)26-15-24(34(42)37-11-12-39)17-28(31(26)41)46-33-25(36)13-22(19-40)14-29(33)45-3/h4-10,13-14,16-17,19,26,28,31,39,41H,11-12,15,18H2,1-3H3,(H,37,42)/t26-,28+,31+/m1/s1. The van der Waals surface area contributed by atoms with Gasteiger partial charge in [0.05, 0.1) is 30.4 Å². The zero-order valence-corrected chi connectivity index (χ0v) is 28.2. The zero-order chi connectivity index (χ0) is 33.7. The molecule has 0 spiro atoms. The third-order valence-corrected chi connectivity index (χ3v) is 8.73. The second kappa shape index (κ2) is 15.0. The average Bonchev–Trinajstić information content (AvgIpc) is 3.53. The Balaban J connectivity index is 1.59. The Bertz CT molecular complexity index is 1800. The van der Waals surface area contributed by atoms with Crippen molar-refractivity contribution >= 4 is 51.7 Å². The number of para-hydroxylation sites is 1. The van der Waals surface area contributed by atoms with Crippen LogP contribution < -0.4 is 19.5 Å². The molecule has 0 aliphatic heterocycles. The molecule has 0 fully saturated rings. The summed E-state index contributed by atoms with van der Waals surface area (Å²) in [6, 6.07) is 16.8. The number of fused-ring (bicyclic) bond motifs is 1. The average molecular weight is 755 g/mol. The molecule has 1 aromatic heterocycles. The minimum Gasteiger partial charge on any atom is -0.493 e. The number of hydrogen-bond donors (Lipinski definition) is 3. The summed E-state index contributed by atoms with van der Waals surface area (Å²) in [4.78, 5) is 40.7. The zero-order valence-electron chi connectivity index (χ0n) is 26.1. The number of rotatable bonds is 12. The number of nitrogens with zero attached hydrogens (tertiary/aromatic N) is 1. The minimum atomic E-state index is -1.32. The molecule has 3 N–H and O–H groups in total. The number of aliphatic hydroxyl groups excluding tert-OH is 2. The van der Waals surface area contributed by atoms with Gasteiger partial charge >= 0.3 is 0 Å². The first-order valence-corrected chi connectivity index (χ1v) is 16.0. The van der Waals surface area contributed by atoms with Gasteiger partial charge in [-0.3, -0.25) is 14.4 Å². The lowest BCUT2D eigenvalue weighted by Crippen LogP contribution is -2.54. The molecule has 4 aromatic rings. The predicted molar refractivity (Wildman–Crippen MR) is 182 cm³/mol. The van der Waals surface area contributed by atoms with Crippen molar-refractivity contribution < 1.29 is 43.2 Å². The van der Waals surface area contributed by atoms with Gasteiger partial charge in [-0.15, -0.1) is 0 Å². The van der Waals surface area contributed by atoms with Crippen LogP contribution in [0.4, 0.5) is 0 Å². The highest BCUT2D eigenvalue weighted by molar-refractivity contribution is 14.1. The number of furan rings is 1. The molecule has 1 heterocycles. The molecule has 1 aliphatic carbocycles. The smallest absolute Gasteiger partial charge is 0.290 e. The molecule has 246 valence electrons. The molecule has 11 nitrogen and oxygen atoms in total. The Morgan fingerprint density at radius 3 is 2.51 bits per heavy atom. The fourth-order valence-corrected chi connectivity index (χ4v) is 6.26. The van der Waals surface area contributed by atoms with Gasteiger partial charge in [-0.25, -0.2) is 0 Å². The number of aliphatic hydroxyl groups is 2. The largest absolute Gasteiger partial charge is 0.493 e. The molecule has 1 aliphatic rings. The number of carbonyl (C=O) groups is 3. The lowest BCUT2D eigenvalue weighted by atomic mass is 9.87. The number of aryl methyl sites for hydroxylation is 1. The molecule has 47 heavy (non-hydrogen) atoms. The highest BCUT2D eigenvalue weighted by atomic mass is 127. The first-order chi connectivity index (χ1) is 22.7. The van der Waals surface area contributed by atoms with Gasteiger partial charge in [-0.05, 0) is 65.4 Å². The van der Waals surface area contributed by atoms with Gasteiger partial charge in [0, 0.05) is 36.0 Å². The predicted octanol–water partition coefficient (Wildman–Crippen LogP) is 4.43. The highest BCUT2D eigenvalue weighted by Gasteiger charge is 2.42. The van der Waals surface area contributed by atoms with Gasteiger partial charge in [-0.1, -0.05) is 42.0 Å². The molecule has 0 bridgehead atoms. The molecule has 0 radical (unpaired) electrons. The van der Waals surface area contributed by atoms with E-state index in [9.17, 15) is 24.6 Å². The number of nitrogens with one attached hydrogen (secondary N) is 1. The van der Waals surface area contributed by atoms with Crippen LogP contribution in [0.25, 0.3) is 11.0 Å². The number of ether oxygens (including phenoxy) is 3. The lowest BCUT2D eigenvalue weighted by molar-refractivity contribution is -0.118. The highest BCUT2D eigenvalue weighted by Crippen LogP contribution is 2.38. The molecule has 0 saturated heterocycles. The van der Waals surface area contributed by atoms with E-state index in [0.717, 1.165) is 11.1 Å². The second-order valence-corrected chi connectivity index (χ2v) is 12.2. The second-order valence-electron chi connectivity index (χ2n) is 11.1. The van der Waals surface area contributed by atoms with E-state index < -0.39 is 30.1 Å². The van der Waals surface area contributed by atoms with E-state index in [1.807, 2.05) is 53.8 Å². The summed E-state index contributed by atoms with van der Waals surface area (Å²) in [5.74, 6) is 0.0349. The van der Waals surface area contributed by atoms with Gasteiger partial charge in [0.25, 0.3) is 5.91 Å². The summed E-state index contributed by atoms with van der Waals surface area (Å²) in [5.41, 5.74) is 2.87. The third-order valence-electron chi connectivity index (χ3n) is 7.93.